The molecule has 1 amide bonds. The normalized spacial score (nSPS) is 26.2. The van der Waals surface area contributed by atoms with Gasteiger partial charge in [0.2, 0.25) is 0 Å². The number of nitro groups is 1. The number of fused-ring (bicyclic) bond motifs is 4. The Bertz CT molecular complexity index is 1410. The predicted octanol–water partition coefficient (Wildman–Crippen LogP) is 5.77. The summed E-state index contributed by atoms with van der Waals surface area (Å²) in [6.07, 6.45) is 1.51. The number of nitrogens with zero attached hydrogens (tertiary/aromatic N) is 2. The third-order valence-corrected chi connectivity index (χ3v) is 8.39. The second-order valence-corrected chi connectivity index (χ2v) is 10.4. The third kappa shape index (κ3) is 3.54. The van der Waals surface area contributed by atoms with Crippen molar-refractivity contribution in [3.63, 3.8) is 0 Å². The van der Waals surface area contributed by atoms with E-state index in [-0.39, 0.29) is 39.3 Å². The lowest BCUT2D eigenvalue weighted by atomic mass is 9.77. The van der Waals surface area contributed by atoms with Gasteiger partial charge in [-0.15, -0.1) is 0 Å². The van der Waals surface area contributed by atoms with Gasteiger partial charge in [0.05, 0.1) is 16.0 Å². The molecule has 0 aliphatic carbocycles. The highest BCUT2D eigenvalue weighted by Crippen LogP contribution is 2.58. The van der Waals surface area contributed by atoms with Crippen LogP contribution in [0.25, 0.3) is 0 Å². The number of anilines is 1. The number of hydrogen-bond donors (Lipinski definition) is 1. The monoisotopic (exact) mass is 541 g/mol. The van der Waals surface area contributed by atoms with Gasteiger partial charge < -0.3 is 10.1 Å². The van der Waals surface area contributed by atoms with Crippen molar-refractivity contribution in [1.82, 2.24) is 4.90 Å². The summed E-state index contributed by atoms with van der Waals surface area (Å²) >= 11 is 13.2. The lowest BCUT2D eigenvalue weighted by Gasteiger charge is -2.32. The maximum absolute atomic E-state index is 14.0. The Balaban J connectivity index is 1.42. The number of benzene rings is 3. The van der Waals surface area contributed by atoms with E-state index in [9.17, 15) is 19.3 Å². The summed E-state index contributed by atoms with van der Waals surface area (Å²) in [6.45, 7) is 0.488. The summed E-state index contributed by atoms with van der Waals surface area (Å²) in [5, 5.41) is 16.0. The van der Waals surface area contributed by atoms with Crippen LogP contribution in [0.15, 0.2) is 60.7 Å². The fraction of sp³-hybridized carbons (Fsp3) is 0.296. The standard InChI is InChI=1S/C27H22Cl2FN3O4/c28-18-12-16(13-19(29)24(18)37-14-15-6-1-3-8-20(15)30)23-22-10-5-11-32(22)27(25(23)33(35)36)17-7-2-4-9-21(17)31-26(27)34/h1-4,6-9,12-13,22-23,25H,5,10-11,14H2,(H,31,34)/t22-,23+,25-,27+/m1/s1. The average molecular weight is 542 g/mol. The van der Waals surface area contributed by atoms with Crippen LogP contribution in [-0.4, -0.2) is 34.4 Å². The zero-order valence-electron chi connectivity index (χ0n) is 19.5. The number of para-hydroxylation sites is 1. The van der Waals surface area contributed by atoms with Gasteiger partial charge in [-0.3, -0.25) is 19.8 Å². The molecule has 0 radical (unpaired) electrons. The maximum atomic E-state index is 14.0. The SMILES string of the molecule is O=C1Nc2ccccc2[C@]12[C@H]([N+](=O)[O-])[C@@H](c1cc(Cl)c(OCc3ccccc3F)c(Cl)c1)[C@H]1CCCN12. The zero-order valence-corrected chi connectivity index (χ0v) is 21.0. The van der Waals surface area contributed by atoms with Crippen LogP contribution in [0.4, 0.5) is 10.1 Å². The van der Waals surface area contributed by atoms with Crippen LogP contribution in [0, 0.1) is 15.9 Å². The lowest BCUT2D eigenvalue weighted by Crippen LogP contribution is -2.55. The van der Waals surface area contributed by atoms with E-state index in [1.54, 1.807) is 54.6 Å². The Morgan fingerprint density at radius 2 is 1.84 bits per heavy atom. The maximum Gasteiger partial charge on any atom is 0.256 e. The molecule has 1 N–H and O–H groups in total. The van der Waals surface area contributed by atoms with Crippen molar-refractivity contribution in [1.29, 1.82) is 0 Å². The number of amides is 1. The molecule has 4 atom stereocenters. The van der Waals surface area contributed by atoms with Crippen LogP contribution in [0.5, 0.6) is 5.75 Å². The molecule has 6 rings (SSSR count). The number of ether oxygens (including phenoxy) is 1. The van der Waals surface area contributed by atoms with E-state index in [2.05, 4.69) is 5.32 Å². The second-order valence-electron chi connectivity index (χ2n) is 9.62. The number of halogens is 3. The highest BCUT2D eigenvalue weighted by Gasteiger charge is 2.73. The Hall–Kier alpha value is -3.20. The van der Waals surface area contributed by atoms with Crippen molar-refractivity contribution >= 4 is 34.8 Å². The van der Waals surface area contributed by atoms with E-state index in [1.807, 2.05) is 4.90 Å². The van der Waals surface area contributed by atoms with Gasteiger partial charge in [0.1, 0.15) is 12.4 Å². The Labute approximate surface area is 222 Å². The molecule has 3 aliphatic heterocycles. The highest BCUT2D eigenvalue weighted by atomic mass is 35.5. The molecule has 190 valence electrons. The molecule has 3 heterocycles. The van der Waals surface area contributed by atoms with E-state index >= 15 is 0 Å². The molecule has 3 aliphatic rings. The smallest absolute Gasteiger partial charge is 0.256 e. The van der Waals surface area contributed by atoms with E-state index in [4.69, 9.17) is 27.9 Å². The fourth-order valence-electron chi connectivity index (χ4n) is 6.45. The van der Waals surface area contributed by atoms with Gasteiger partial charge in [0.15, 0.2) is 11.3 Å². The largest absolute Gasteiger partial charge is 0.486 e. The number of carbonyl (C=O) groups is 1. The van der Waals surface area contributed by atoms with Crippen LogP contribution in [0.2, 0.25) is 10.0 Å². The van der Waals surface area contributed by atoms with Crippen LogP contribution in [0.1, 0.15) is 35.4 Å². The van der Waals surface area contributed by atoms with Crippen molar-refractivity contribution in [3.8, 4) is 5.75 Å². The first kappa shape index (κ1) is 24.2. The van der Waals surface area contributed by atoms with Crippen LogP contribution >= 0.6 is 23.2 Å². The predicted molar refractivity (Wildman–Crippen MR) is 137 cm³/mol. The first-order valence-corrected chi connectivity index (χ1v) is 12.8. The molecule has 0 bridgehead atoms. The molecule has 1 spiro atoms. The van der Waals surface area contributed by atoms with E-state index in [1.165, 1.54) is 6.07 Å². The molecule has 0 unspecified atom stereocenters. The number of nitrogens with one attached hydrogen (secondary N) is 1. The van der Waals surface area contributed by atoms with Crippen molar-refractivity contribution in [2.75, 3.05) is 11.9 Å². The van der Waals surface area contributed by atoms with Crippen molar-refractivity contribution in [2.45, 2.75) is 43.0 Å². The molecule has 0 saturated carbocycles. The van der Waals surface area contributed by atoms with Gasteiger partial charge in [-0.05, 0) is 42.7 Å². The minimum atomic E-state index is -1.43. The Kier molecular flexibility index (Phi) is 5.86. The van der Waals surface area contributed by atoms with Gasteiger partial charge >= 0.3 is 0 Å². The molecule has 2 fully saturated rings. The van der Waals surface area contributed by atoms with E-state index in [0.717, 1.165) is 6.42 Å². The summed E-state index contributed by atoms with van der Waals surface area (Å²) in [4.78, 5) is 28.0. The molecule has 3 aromatic carbocycles. The zero-order chi connectivity index (χ0) is 25.9. The molecule has 2 saturated heterocycles. The number of rotatable bonds is 5. The van der Waals surface area contributed by atoms with Crippen molar-refractivity contribution in [2.24, 2.45) is 0 Å². The van der Waals surface area contributed by atoms with Crippen molar-refractivity contribution < 1.29 is 18.8 Å². The van der Waals surface area contributed by atoms with E-state index in [0.29, 0.717) is 35.3 Å². The second kappa shape index (κ2) is 8.97. The van der Waals surface area contributed by atoms with E-state index < -0.39 is 23.3 Å². The molecular weight excluding hydrogens is 520 g/mol. The van der Waals surface area contributed by atoms with Crippen LogP contribution in [-0.2, 0) is 16.9 Å². The molecule has 7 nitrogen and oxygen atoms in total. The highest BCUT2D eigenvalue weighted by molar-refractivity contribution is 6.37. The van der Waals surface area contributed by atoms with Gasteiger partial charge in [0, 0.05) is 34.3 Å². The third-order valence-electron chi connectivity index (χ3n) is 7.83. The number of carbonyl (C=O) groups excluding carboxylic acids is 1. The first-order valence-electron chi connectivity index (χ1n) is 12.0. The van der Waals surface area contributed by atoms with Gasteiger partial charge in [-0.1, -0.05) is 59.6 Å². The Morgan fingerprint density at radius 3 is 2.57 bits per heavy atom. The minimum absolute atomic E-state index is 0.0805. The molecule has 3 aromatic rings. The molecular formula is C27H22Cl2FN3O4. The summed E-state index contributed by atoms with van der Waals surface area (Å²) in [5.74, 6) is -1.25. The van der Waals surface area contributed by atoms with Gasteiger partial charge in [0.25, 0.3) is 11.9 Å². The summed E-state index contributed by atoms with van der Waals surface area (Å²) in [5.41, 5.74) is 0.709. The minimum Gasteiger partial charge on any atom is -0.486 e. The summed E-state index contributed by atoms with van der Waals surface area (Å²) in [7, 11) is 0. The summed E-state index contributed by atoms with van der Waals surface area (Å²) < 4.78 is 19.8. The first-order chi connectivity index (χ1) is 17.8. The summed E-state index contributed by atoms with van der Waals surface area (Å²) in [6, 6.07) is 15.1. The van der Waals surface area contributed by atoms with Crippen LogP contribution in [0.3, 0.4) is 0 Å². The topological polar surface area (TPSA) is 84.7 Å². The van der Waals surface area contributed by atoms with Crippen LogP contribution < -0.4 is 10.1 Å². The average Bonchev–Trinajstić information content (AvgIpc) is 3.52. The number of hydrogen-bond acceptors (Lipinski definition) is 5. The molecule has 0 aromatic heterocycles. The Morgan fingerprint density at radius 1 is 1.14 bits per heavy atom. The molecule has 37 heavy (non-hydrogen) atoms. The lowest BCUT2D eigenvalue weighted by molar-refractivity contribution is -0.534. The van der Waals surface area contributed by atoms with Crippen molar-refractivity contribution in [3.05, 3.63) is 103 Å². The van der Waals surface area contributed by atoms with Gasteiger partial charge in [-0.25, -0.2) is 4.39 Å². The molecule has 10 heteroatoms. The fourth-order valence-corrected chi connectivity index (χ4v) is 7.06. The van der Waals surface area contributed by atoms with Gasteiger partial charge in [-0.2, -0.15) is 0 Å². The quantitative estimate of drug-likeness (QED) is 0.327.